The van der Waals surface area contributed by atoms with Gasteiger partial charge in [0, 0.05) is 39.2 Å². The lowest BCUT2D eigenvalue weighted by Crippen LogP contribution is -2.37. The Morgan fingerprint density at radius 1 is 1.00 bits per heavy atom. The molecule has 0 heterocycles. The first-order valence-corrected chi connectivity index (χ1v) is 10.5. The van der Waals surface area contributed by atoms with Gasteiger partial charge in [0.25, 0.3) is 5.91 Å². The van der Waals surface area contributed by atoms with E-state index in [1.54, 1.807) is 19.0 Å². The van der Waals surface area contributed by atoms with Crippen molar-refractivity contribution in [3.8, 4) is 0 Å². The van der Waals surface area contributed by atoms with E-state index in [0.717, 1.165) is 50.3 Å². The molecule has 1 rings (SSSR count). The zero-order valence-electron chi connectivity index (χ0n) is 18.3. The molecule has 1 aromatic rings. The number of aliphatic imine (C=N–C) groups is 1. The number of hydrogen-bond acceptors (Lipinski definition) is 4. The van der Waals surface area contributed by atoms with Crippen molar-refractivity contribution in [3.63, 3.8) is 0 Å². The van der Waals surface area contributed by atoms with Crippen molar-refractivity contribution in [2.24, 2.45) is 4.99 Å². The summed E-state index contributed by atoms with van der Waals surface area (Å²) >= 11 is 0. The lowest BCUT2D eigenvalue weighted by molar-refractivity contribution is -0.143. The maximum atomic E-state index is 11.9. The average molecular weight is 405 g/mol. The highest BCUT2D eigenvalue weighted by molar-refractivity contribution is 5.93. The molecule has 162 valence electrons. The van der Waals surface area contributed by atoms with Gasteiger partial charge in [-0.3, -0.25) is 9.59 Å². The number of benzene rings is 1. The first kappa shape index (κ1) is 24.5. The third-order valence-electron chi connectivity index (χ3n) is 4.28. The number of nitrogens with zero attached hydrogens (tertiary/aromatic N) is 2. The quantitative estimate of drug-likeness (QED) is 0.242. The predicted molar refractivity (Wildman–Crippen MR) is 117 cm³/mol. The van der Waals surface area contributed by atoms with E-state index >= 15 is 0 Å². The van der Waals surface area contributed by atoms with Crippen molar-refractivity contribution in [3.05, 3.63) is 35.4 Å². The van der Waals surface area contributed by atoms with Gasteiger partial charge in [-0.25, -0.2) is 4.99 Å². The van der Waals surface area contributed by atoms with E-state index in [-0.39, 0.29) is 11.9 Å². The van der Waals surface area contributed by atoms with Gasteiger partial charge in [0.1, 0.15) is 0 Å². The van der Waals surface area contributed by atoms with Gasteiger partial charge in [0.2, 0.25) is 0 Å². The van der Waals surface area contributed by atoms with E-state index in [0.29, 0.717) is 25.1 Å². The minimum Gasteiger partial charge on any atom is -0.466 e. The Kier molecular flexibility index (Phi) is 12.2. The van der Waals surface area contributed by atoms with Crippen LogP contribution < -0.4 is 10.6 Å². The van der Waals surface area contributed by atoms with E-state index in [2.05, 4.69) is 15.6 Å². The predicted octanol–water partition coefficient (Wildman–Crippen LogP) is 2.96. The smallest absolute Gasteiger partial charge is 0.305 e. The van der Waals surface area contributed by atoms with E-state index in [9.17, 15) is 9.59 Å². The maximum Gasteiger partial charge on any atom is 0.305 e. The second-order valence-electron chi connectivity index (χ2n) is 6.99. The van der Waals surface area contributed by atoms with E-state index in [4.69, 9.17) is 4.74 Å². The molecule has 1 amide bonds. The molecule has 0 fully saturated rings. The highest BCUT2D eigenvalue weighted by Crippen LogP contribution is 2.08. The van der Waals surface area contributed by atoms with Crippen LogP contribution in [0, 0.1) is 0 Å². The van der Waals surface area contributed by atoms with Crippen molar-refractivity contribution in [1.29, 1.82) is 0 Å². The van der Waals surface area contributed by atoms with Gasteiger partial charge in [0.15, 0.2) is 5.96 Å². The molecule has 1 aromatic carbocycles. The summed E-state index contributed by atoms with van der Waals surface area (Å²) in [4.78, 5) is 29.4. The Bertz CT molecular complexity index is 642. The van der Waals surface area contributed by atoms with Gasteiger partial charge in [-0.2, -0.15) is 0 Å². The van der Waals surface area contributed by atoms with Crippen molar-refractivity contribution in [2.75, 3.05) is 33.8 Å². The van der Waals surface area contributed by atoms with E-state index in [1.807, 2.05) is 38.1 Å². The monoisotopic (exact) mass is 404 g/mol. The fourth-order valence-corrected chi connectivity index (χ4v) is 2.71. The molecule has 0 aliphatic heterocycles. The lowest BCUT2D eigenvalue weighted by Gasteiger charge is -2.12. The number of ether oxygens (including phenoxy) is 1. The number of carbonyl (C=O) groups is 2. The molecular weight excluding hydrogens is 368 g/mol. The van der Waals surface area contributed by atoms with Crippen LogP contribution in [0.5, 0.6) is 0 Å². The molecule has 0 aliphatic carbocycles. The highest BCUT2D eigenvalue weighted by Gasteiger charge is 2.07. The average Bonchev–Trinajstić information content (AvgIpc) is 2.71. The summed E-state index contributed by atoms with van der Waals surface area (Å²) in [6.07, 6.45) is 4.48. The SMILES string of the molecule is CCNC(=NCc1ccc(C(=O)N(C)C)cc1)NCCCCCCC(=O)OCC. The number of unbranched alkanes of at least 4 members (excludes halogenated alkanes) is 3. The highest BCUT2D eigenvalue weighted by atomic mass is 16.5. The molecule has 7 heteroatoms. The molecule has 29 heavy (non-hydrogen) atoms. The van der Waals surface area contributed by atoms with Gasteiger partial charge in [-0.15, -0.1) is 0 Å². The van der Waals surface area contributed by atoms with Crippen LogP contribution in [0.15, 0.2) is 29.3 Å². The third-order valence-corrected chi connectivity index (χ3v) is 4.28. The molecule has 0 saturated carbocycles. The van der Waals surface area contributed by atoms with Crippen LogP contribution >= 0.6 is 0 Å². The molecule has 2 N–H and O–H groups in total. The molecule has 0 radical (unpaired) electrons. The Labute approximate surface area is 174 Å². The van der Waals surface area contributed by atoms with Gasteiger partial charge in [0.05, 0.1) is 13.2 Å². The molecule has 0 unspecified atom stereocenters. The number of esters is 1. The third kappa shape index (κ3) is 10.5. The molecule has 0 spiro atoms. The summed E-state index contributed by atoms with van der Waals surface area (Å²) < 4.78 is 4.93. The first-order valence-electron chi connectivity index (χ1n) is 10.5. The van der Waals surface area contributed by atoms with Crippen molar-refractivity contribution in [1.82, 2.24) is 15.5 Å². The van der Waals surface area contributed by atoms with Gasteiger partial charge in [-0.05, 0) is 44.4 Å². The number of nitrogens with one attached hydrogen (secondary N) is 2. The topological polar surface area (TPSA) is 83.0 Å². The van der Waals surface area contributed by atoms with E-state index in [1.165, 1.54) is 0 Å². The second kappa shape index (κ2) is 14.4. The van der Waals surface area contributed by atoms with Crippen molar-refractivity contribution >= 4 is 17.8 Å². The number of guanidine groups is 1. The normalized spacial score (nSPS) is 11.1. The van der Waals surface area contributed by atoms with Crippen LogP contribution in [0.3, 0.4) is 0 Å². The van der Waals surface area contributed by atoms with Crippen LogP contribution in [0.4, 0.5) is 0 Å². The molecule has 0 bridgehead atoms. The Morgan fingerprint density at radius 3 is 2.31 bits per heavy atom. The maximum absolute atomic E-state index is 11.9. The van der Waals surface area contributed by atoms with Crippen LogP contribution in [-0.2, 0) is 16.1 Å². The van der Waals surface area contributed by atoms with Crippen molar-refractivity contribution in [2.45, 2.75) is 52.5 Å². The zero-order chi connectivity index (χ0) is 21.5. The molecule has 0 aliphatic rings. The lowest BCUT2D eigenvalue weighted by atomic mass is 10.1. The zero-order valence-corrected chi connectivity index (χ0v) is 18.3. The van der Waals surface area contributed by atoms with Crippen LogP contribution in [0.1, 0.15) is 61.9 Å². The van der Waals surface area contributed by atoms with Crippen LogP contribution in [-0.4, -0.2) is 56.5 Å². The summed E-state index contributed by atoms with van der Waals surface area (Å²) in [5.41, 5.74) is 1.73. The Morgan fingerprint density at radius 2 is 1.69 bits per heavy atom. The Hall–Kier alpha value is -2.57. The summed E-state index contributed by atoms with van der Waals surface area (Å²) in [5, 5.41) is 6.59. The summed E-state index contributed by atoms with van der Waals surface area (Å²) in [5.74, 6) is 0.677. The largest absolute Gasteiger partial charge is 0.466 e. The standard InChI is InChI=1S/C22H36N4O3/c1-5-23-22(24-16-10-8-7-9-11-20(27)29-6-2)25-17-18-12-14-19(15-13-18)21(28)26(3)4/h12-15H,5-11,16-17H2,1-4H3,(H2,23,24,25). The Balaban J connectivity index is 2.35. The van der Waals surface area contributed by atoms with Crippen molar-refractivity contribution < 1.29 is 14.3 Å². The molecular formula is C22H36N4O3. The number of amides is 1. The fourth-order valence-electron chi connectivity index (χ4n) is 2.71. The molecule has 0 atom stereocenters. The molecule has 0 aromatic heterocycles. The van der Waals surface area contributed by atoms with E-state index < -0.39 is 0 Å². The minimum absolute atomic E-state index is 0.00249. The molecule has 0 saturated heterocycles. The molecule has 7 nitrogen and oxygen atoms in total. The summed E-state index contributed by atoms with van der Waals surface area (Å²) in [6, 6.07) is 7.55. The number of carbonyl (C=O) groups excluding carboxylic acids is 2. The van der Waals surface area contributed by atoms with Gasteiger partial charge < -0.3 is 20.3 Å². The summed E-state index contributed by atoms with van der Waals surface area (Å²) in [6.45, 7) is 6.49. The fraction of sp³-hybridized carbons (Fsp3) is 0.591. The van der Waals surface area contributed by atoms with Crippen LogP contribution in [0.25, 0.3) is 0 Å². The van der Waals surface area contributed by atoms with Gasteiger partial charge >= 0.3 is 5.97 Å². The minimum atomic E-state index is -0.105. The van der Waals surface area contributed by atoms with Crippen LogP contribution in [0.2, 0.25) is 0 Å². The number of rotatable bonds is 12. The number of hydrogen-bond donors (Lipinski definition) is 2. The van der Waals surface area contributed by atoms with Gasteiger partial charge in [-0.1, -0.05) is 25.0 Å². The second-order valence-corrected chi connectivity index (χ2v) is 6.99. The summed E-state index contributed by atoms with van der Waals surface area (Å²) in [7, 11) is 3.49. The first-order chi connectivity index (χ1) is 14.0.